The van der Waals surface area contributed by atoms with Gasteiger partial charge in [0.2, 0.25) is 0 Å². The van der Waals surface area contributed by atoms with E-state index in [0.29, 0.717) is 19.8 Å². The van der Waals surface area contributed by atoms with E-state index in [4.69, 9.17) is 13.6 Å². The summed E-state index contributed by atoms with van der Waals surface area (Å²) >= 11 is 0. The minimum absolute atomic E-state index is 0.426. The summed E-state index contributed by atoms with van der Waals surface area (Å²) in [5.41, 5.74) is 0. The summed E-state index contributed by atoms with van der Waals surface area (Å²) < 4.78 is 31.1. The zero-order chi connectivity index (χ0) is 35.2. The van der Waals surface area contributed by atoms with Gasteiger partial charge in [-0.05, 0) is 38.8 Å². The first-order valence-electron chi connectivity index (χ1n) is 22.5. The summed E-state index contributed by atoms with van der Waals surface area (Å²) in [4.78, 5) is 2.42. The highest BCUT2D eigenvalue weighted by Crippen LogP contribution is 2.49. The molecule has 1 aliphatic rings. The van der Waals surface area contributed by atoms with Crippen LogP contribution in [0.2, 0.25) is 0 Å². The smallest absolute Gasteiger partial charge is 0.301 e. The molecule has 1 rings (SSSR count). The van der Waals surface area contributed by atoms with Crippen LogP contribution < -0.4 is 0 Å². The van der Waals surface area contributed by atoms with Crippen LogP contribution in [0.5, 0.6) is 0 Å². The Morgan fingerprint density at radius 3 is 0.939 bits per heavy atom. The number of likely N-dealkylation sites (tertiary alicyclic amines) is 1. The first kappa shape index (κ1) is 47.1. The Labute approximate surface area is 308 Å². The molecule has 0 bridgehead atoms. The van der Waals surface area contributed by atoms with Crippen molar-refractivity contribution in [3.8, 4) is 0 Å². The highest BCUT2D eigenvalue weighted by molar-refractivity contribution is 7.48. The predicted molar refractivity (Wildman–Crippen MR) is 215 cm³/mol. The molecule has 0 unspecified atom stereocenters. The van der Waals surface area contributed by atoms with Gasteiger partial charge >= 0.3 is 7.82 Å². The van der Waals surface area contributed by atoms with Crippen molar-refractivity contribution in [1.29, 1.82) is 0 Å². The number of phosphoric ester groups is 1. The average Bonchev–Trinajstić information content (AvgIpc) is 3.11. The molecule has 1 fully saturated rings. The van der Waals surface area contributed by atoms with Crippen molar-refractivity contribution in [3.63, 3.8) is 0 Å². The third kappa shape index (κ3) is 33.6. The fraction of sp³-hybridized carbons (Fsp3) is 1.00. The Bertz CT molecular complexity index is 645. The fourth-order valence-corrected chi connectivity index (χ4v) is 8.46. The quantitative estimate of drug-likeness (QED) is 0.0467. The number of phosphoric acid groups is 1. The molecule has 0 aromatic carbocycles. The standard InChI is InChI=1S/C43H88NO4P/c1-3-5-7-9-11-13-15-17-19-21-23-25-27-29-31-36-41-46-49(45,48-43-40-44-38-34-33-35-39-44)47-42-37-32-30-28-26-24-22-20-18-16-14-12-10-8-6-4-2/h3-43H2,1-2H3. The lowest BCUT2D eigenvalue weighted by atomic mass is 10.0. The normalized spacial score (nSPS) is 14.2. The van der Waals surface area contributed by atoms with Crippen LogP contribution in [0.1, 0.15) is 239 Å². The first-order valence-corrected chi connectivity index (χ1v) is 23.9. The van der Waals surface area contributed by atoms with E-state index in [-0.39, 0.29) is 0 Å². The van der Waals surface area contributed by atoms with E-state index < -0.39 is 7.82 Å². The van der Waals surface area contributed by atoms with Gasteiger partial charge in [-0.1, -0.05) is 213 Å². The van der Waals surface area contributed by atoms with E-state index in [9.17, 15) is 4.57 Å². The Morgan fingerprint density at radius 1 is 0.367 bits per heavy atom. The zero-order valence-electron chi connectivity index (χ0n) is 33.5. The van der Waals surface area contributed by atoms with Crippen LogP contribution in [0.4, 0.5) is 0 Å². The molecule has 0 atom stereocenters. The summed E-state index contributed by atoms with van der Waals surface area (Å²) in [6, 6.07) is 0. The van der Waals surface area contributed by atoms with Gasteiger partial charge in [0.05, 0.1) is 19.8 Å². The lowest BCUT2D eigenvalue weighted by Gasteiger charge is -2.27. The summed E-state index contributed by atoms with van der Waals surface area (Å²) in [6.45, 7) is 9.00. The molecule has 0 N–H and O–H groups in total. The summed E-state index contributed by atoms with van der Waals surface area (Å²) in [5, 5.41) is 0. The molecule has 1 saturated heterocycles. The van der Waals surface area contributed by atoms with Crippen LogP contribution in [-0.4, -0.2) is 44.4 Å². The molecule has 0 radical (unpaired) electrons. The molecular weight excluding hydrogens is 625 g/mol. The highest BCUT2D eigenvalue weighted by atomic mass is 31.2. The van der Waals surface area contributed by atoms with E-state index in [1.54, 1.807) is 0 Å². The molecule has 0 aromatic rings. The molecule has 0 saturated carbocycles. The van der Waals surface area contributed by atoms with Gasteiger partial charge in [0, 0.05) is 6.54 Å². The van der Waals surface area contributed by atoms with E-state index in [0.717, 1.165) is 45.3 Å². The maximum Gasteiger partial charge on any atom is 0.474 e. The first-order chi connectivity index (χ1) is 24.2. The van der Waals surface area contributed by atoms with Crippen molar-refractivity contribution in [2.75, 3.05) is 39.5 Å². The van der Waals surface area contributed by atoms with Crippen LogP contribution >= 0.6 is 7.82 Å². The van der Waals surface area contributed by atoms with Crippen LogP contribution in [0, 0.1) is 0 Å². The molecule has 49 heavy (non-hydrogen) atoms. The van der Waals surface area contributed by atoms with Crippen LogP contribution in [0.3, 0.4) is 0 Å². The molecule has 0 aliphatic carbocycles. The molecule has 1 aliphatic heterocycles. The van der Waals surface area contributed by atoms with Gasteiger partial charge in [-0.3, -0.25) is 13.6 Å². The van der Waals surface area contributed by atoms with Gasteiger partial charge in [0.25, 0.3) is 0 Å². The van der Waals surface area contributed by atoms with Crippen LogP contribution in [0.15, 0.2) is 0 Å². The van der Waals surface area contributed by atoms with Crippen molar-refractivity contribution in [1.82, 2.24) is 4.90 Å². The molecule has 294 valence electrons. The Hall–Kier alpha value is 0.0700. The summed E-state index contributed by atoms with van der Waals surface area (Å²) in [6.07, 6.45) is 46.8. The maximum absolute atomic E-state index is 13.5. The third-order valence-corrected chi connectivity index (χ3v) is 12.1. The van der Waals surface area contributed by atoms with E-state index in [1.807, 2.05) is 0 Å². The van der Waals surface area contributed by atoms with Crippen molar-refractivity contribution in [2.45, 2.75) is 239 Å². The van der Waals surface area contributed by atoms with E-state index in [2.05, 4.69) is 18.7 Å². The Morgan fingerprint density at radius 2 is 0.633 bits per heavy atom. The van der Waals surface area contributed by atoms with Gasteiger partial charge in [-0.25, -0.2) is 4.57 Å². The molecule has 1 heterocycles. The van der Waals surface area contributed by atoms with Crippen molar-refractivity contribution >= 4 is 7.82 Å². The van der Waals surface area contributed by atoms with E-state index in [1.165, 1.54) is 199 Å². The van der Waals surface area contributed by atoms with E-state index >= 15 is 0 Å². The van der Waals surface area contributed by atoms with Crippen LogP contribution in [0.25, 0.3) is 0 Å². The second kappa shape index (κ2) is 37.8. The van der Waals surface area contributed by atoms with Crippen molar-refractivity contribution in [3.05, 3.63) is 0 Å². The molecular formula is C43H88NO4P. The molecule has 0 amide bonds. The summed E-state index contributed by atoms with van der Waals surface area (Å²) in [5.74, 6) is 0. The number of hydrogen-bond donors (Lipinski definition) is 0. The van der Waals surface area contributed by atoms with Crippen molar-refractivity contribution in [2.24, 2.45) is 0 Å². The maximum atomic E-state index is 13.5. The zero-order valence-corrected chi connectivity index (χ0v) is 34.4. The molecule has 0 aromatic heterocycles. The monoisotopic (exact) mass is 714 g/mol. The lowest BCUT2D eigenvalue weighted by Crippen LogP contribution is -2.32. The second-order valence-electron chi connectivity index (χ2n) is 15.5. The fourth-order valence-electron chi connectivity index (χ4n) is 7.23. The van der Waals surface area contributed by atoms with Gasteiger partial charge in [-0.2, -0.15) is 0 Å². The van der Waals surface area contributed by atoms with Gasteiger partial charge < -0.3 is 4.90 Å². The van der Waals surface area contributed by atoms with Gasteiger partial charge in [0.15, 0.2) is 0 Å². The Kier molecular flexibility index (Phi) is 36.3. The largest absolute Gasteiger partial charge is 0.474 e. The average molecular weight is 714 g/mol. The molecule has 5 nitrogen and oxygen atoms in total. The third-order valence-electron chi connectivity index (χ3n) is 10.6. The predicted octanol–water partition coefficient (Wildman–Crippen LogP) is 15.2. The topological polar surface area (TPSA) is 48.0 Å². The number of nitrogens with zero attached hydrogens (tertiary/aromatic N) is 1. The Balaban J connectivity index is 2.06. The number of rotatable bonds is 40. The summed E-state index contributed by atoms with van der Waals surface area (Å²) in [7, 11) is -3.49. The molecule has 0 spiro atoms. The minimum Gasteiger partial charge on any atom is -0.301 e. The SMILES string of the molecule is CCCCCCCCCCCCCCCCCCOP(=O)(OCCCCCCCCCCCCCCCCCC)OCCN1CCCCC1. The number of unbranched alkanes of at least 4 members (excludes halogenated alkanes) is 30. The van der Waals surface area contributed by atoms with Gasteiger partial charge in [-0.15, -0.1) is 0 Å². The number of piperidine rings is 1. The van der Waals surface area contributed by atoms with Crippen LogP contribution in [-0.2, 0) is 18.1 Å². The highest BCUT2D eigenvalue weighted by Gasteiger charge is 2.26. The lowest BCUT2D eigenvalue weighted by molar-refractivity contribution is 0.0958. The van der Waals surface area contributed by atoms with Gasteiger partial charge in [0.1, 0.15) is 0 Å². The minimum atomic E-state index is -3.49. The molecule has 6 heteroatoms. The van der Waals surface area contributed by atoms with Crippen molar-refractivity contribution < 1.29 is 18.1 Å². The number of hydrogen-bond acceptors (Lipinski definition) is 5. The second-order valence-corrected chi connectivity index (χ2v) is 17.1.